The van der Waals surface area contributed by atoms with Crippen molar-refractivity contribution in [2.45, 2.75) is 39.3 Å². The van der Waals surface area contributed by atoms with Crippen molar-refractivity contribution >= 4 is 11.0 Å². The van der Waals surface area contributed by atoms with Gasteiger partial charge in [0, 0.05) is 29.8 Å². The average Bonchev–Trinajstić information content (AvgIpc) is 2.88. The van der Waals surface area contributed by atoms with E-state index in [1.807, 2.05) is 12.4 Å². The van der Waals surface area contributed by atoms with Crippen LogP contribution < -0.4 is 0 Å². The second kappa shape index (κ2) is 5.52. The molecule has 0 aliphatic heterocycles. The number of fused-ring (bicyclic) bond motifs is 1. The van der Waals surface area contributed by atoms with Gasteiger partial charge in [-0.1, -0.05) is 29.8 Å². The third-order valence-corrected chi connectivity index (χ3v) is 3.79. The lowest BCUT2D eigenvalue weighted by Crippen LogP contribution is -2.13. The Morgan fingerprint density at radius 1 is 1.18 bits per heavy atom. The van der Waals surface area contributed by atoms with E-state index in [0.29, 0.717) is 18.7 Å². The molecule has 114 valence electrons. The molecule has 0 fully saturated rings. The van der Waals surface area contributed by atoms with Crippen molar-refractivity contribution in [1.29, 1.82) is 0 Å². The summed E-state index contributed by atoms with van der Waals surface area (Å²) < 4.78 is 13.6. The number of halogens is 1. The molecule has 0 saturated carbocycles. The van der Waals surface area contributed by atoms with Crippen molar-refractivity contribution in [3.05, 3.63) is 48.0 Å². The molecule has 0 amide bonds. The fourth-order valence-electron chi connectivity index (χ4n) is 2.45. The summed E-state index contributed by atoms with van der Waals surface area (Å²) in [7, 11) is 0. The molecule has 4 heteroatoms. The lowest BCUT2D eigenvalue weighted by molar-refractivity contribution is 0.201. The largest absolute Gasteiger partial charge is 0.345 e. The summed E-state index contributed by atoms with van der Waals surface area (Å²) in [4.78, 5) is 12.1. The Kier molecular flexibility index (Phi) is 3.69. The van der Waals surface area contributed by atoms with E-state index in [-0.39, 0.29) is 0 Å². The van der Waals surface area contributed by atoms with Crippen LogP contribution in [0.4, 0.5) is 4.39 Å². The van der Waals surface area contributed by atoms with Gasteiger partial charge < -0.3 is 4.98 Å². The Morgan fingerprint density at radius 2 is 1.91 bits per heavy atom. The van der Waals surface area contributed by atoms with Crippen LogP contribution in [0.25, 0.3) is 22.2 Å². The Labute approximate surface area is 129 Å². The molecular weight excluding hydrogens is 277 g/mol. The molecule has 0 saturated heterocycles. The molecule has 22 heavy (non-hydrogen) atoms. The molecule has 3 nitrogen and oxygen atoms in total. The molecule has 1 aromatic carbocycles. The van der Waals surface area contributed by atoms with E-state index in [4.69, 9.17) is 0 Å². The van der Waals surface area contributed by atoms with Gasteiger partial charge in [0.15, 0.2) is 0 Å². The zero-order chi connectivity index (χ0) is 15.7. The minimum atomic E-state index is -1.19. The van der Waals surface area contributed by atoms with Crippen LogP contribution in [0.5, 0.6) is 0 Å². The maximum absolute atomic E-state index is 13.6. The summed E-state index contributed by atoms with van der Waals surface area (Å²) in [5.41, 5.74) is 3.07. The highest BCUT2D eigenvalue weighted by atomic mass is 19.1. The van der Waals surface area contributed by atoms with Crippen molar-refractivity contribution < 1.29 is 4.39 Å². The van der Waals surface area contributed by atoms with Gasteiger partial charge in [0.05, 0.1) is 0 Å². The first-order chi connectivity index (χ1) is 10.4. The molecule has 3 rings (SSSR count). The van der Waals surface area contributed by atoms with Gasteiger partial charge in [-0.2, -0.15) is 0 Å². The maximum Gasteiger partial charge on any atom is 0.141 e. The fourth-order valence-corrected chi connectivity index (χ4v) is 2.45. The van der Waals surface area contributed by atoms with E-state index in [2.05, 4.69) is 46.1 Å². The second-order valence-corrected chi connectivity index (χ2v) is 6.34. The molecule has 0 radical (unpaired) electrons. The quantitative estimate of drug-likeness (QED) is 0.763. The van der Waals surface area contributed by atoms with Crippen LogP contribution in [0, 0.1) is 6.92 Å². The average molecular weight is 297 g/mol. The predicted molar refractivity (Wildman–Crippen MR) is 87.6 cm³/mol. The lowest BCUT2D eigenvalue weighted by Gasteiger charge is -2.12. The third-order valence-electron chi connectivity index (χ3n) is 3.79. The summed E-state index contributed by atoms with van der Waals surface area (Å²) in [5, 5.41) is 0.993. The zero-order valence-electron chi connectivity index (χ0n) is 13.2. The third kappa shape index (κ3) is 3.16. The van der Waals surface area contributed by atoms with Gasteiger partial charge in [-0.15, -0.1) is 0 Å². The predicted octanol–water partition coefficient (Wildman–Crippen LogP) is 4.61. The van der Waals surface area contributed by atoms with E-state index in [1.54, 1.807) is 13.8 Å². The van der Waals surface area contributed by atoms with Gasteiger partial charge in [-0.25, -0.2) is 14.4 Å². The maximum atomic E-state index is 13.6. The number of aromatic nitrogens is 3. The number of aryl methyl sites for hydroxylation is 2. The van der Waals surface area contributed by atoms with Gasteiger partial charge in [-0.05, 0) is 32.8 Å². The van der Waals surface area contributed by atoms with Crippen molar-refractivity contribution in [3.63, 3.8) is 0 Å². The highest BCUT2D eigenvalue weighted by Crippen LogP contribution is 2.27. The first-order valence-electron chi connectivity index (χ1n) is 7.51. The van der Waals surface area contributed by atoms with Crippen molar-refractivity contribution in [1.82, 2.24) is 15.0 Å². The van der Waals surface area contributed by atoms with Crippen LogP contribution >= 0.6 is 0 Å². The summed E-state index contributed by atoms with van der Waals surface area (Å²) >= 11 is 0. The molecule has 2 heterocycles. The van der Waals surface area contributed by atoms with Gasteiger partial charge in [0.1, 0.15) is 17.1 Å². The standard InChI is InChI=1S/C18H20FN3/c1-12-4-6-13(7-5-12)14-10-21-17-15(14)11-20-16(22-17)8-9-18(2,3)19/h4-7,10-11H,8-9H2,1-3H3,(H,20,21,22). The molecule has 0 aliphatic carbocycles. The van der Waals surface area contributed by atoms with Gasteiger partial charge in [0.25, 0.3) is 0 Å². The number of nitrogens with one attached hydrogen (secondary N) is 1. The summed E-state index contributed by atoms with van der Waals surface area (Å²) in [6.45, 7) is 5.23. The minimum absolute atomic E-state index is 0.421. The number of hydrogen-bond acceptors (Lipinski definition) is 2. The van der Waals surface area contributed by atoms with Crippen LogP contribution in [0.15, 0.2) is 36.7 Å². The Bertz CT molecular complexity index is 782. The van der Waals surface area contributed by atoms with Crippen LogP contribution in [-0.2, 0) is 6.42 Å². The molecule has 3 aromatic rings. The number of H-pyrrole nitrogens is 1. The van der Waals surface area contributed by atoms with E-state index in [1.165, 1.54) is 5.56 Å². The van der Waals surface area contributed by atoms with Crippen LogP contribution in [-0.4, -0.2) is 20.6 Å². The molecule has 0 spiro atoms. The summed E-state index contributed by atoms with van der Waals surface area (Å²) in [6.07, 6.45) is 4.74. The Balaban J connectivity index is 1.91. The number of alkyl halides is 1. The second-order valence-electron chi connectivity index (χ2n) is 6.34. The number of hydrogen-bond donors (Lipinski definition) is 1. The van der Waals surface area contributed by atoms with E-state index >= 15 is 0 Å². The molecule has 0 atom stereocenters. The fraction of sp³-hybridized carbons (Fsp3) is 0.333. The molecule has 0 aliphatic rings. The first-order valence-corrected chi connectivity index (χ1v) is 7.51. The topological polar surface area (TPSA) is 41.6 Å². The monoisotopic (exact) mass is 297 g/mol. The van der Waals surface area contributed by atoms with Gasteiger partial charge in [-0.3, -0.25) is 0 Å². The molecule has 2 aromatic heterocycles. The molecule has 0 unspecified atom stereocenters. The van der Waals surface area contributed by atoms with E-state index in [9.17, 15) is 4.39 Å². The minimum Gasteiger partial charge on any atom is -0.345 e. The van der Waals surface area contributed by atoms with Crippen LogP contribution in [0.1, 0.15) is 31.7 Å². The van der Waals surface area contributed by atoms with Crippen molar-refractivity contribution in [3.8, 4) is 11.1 Å². The molecule has 0 bridgehead atoms. The Morgan fingerprint density at radius 3 is 2.59 bits per heavy atom. The Hall–Kier alpha value is -2.23. The number of nitrogens with zero attached hydrogens (tertiary/aromatic N) is 2. The highest BCUT2D eigenvalue weighted by Gasteiger charge is 2.16. The lowest BCUT2D eigenvalue weighted by atomic mass is 10.0. The zero-order valence-corrected chi connectivity index (χ0v) is 13.2. The van der Waals surface area contributed by atoms with Crippen molar-refractivity contribution in [2.75, 3.05) is 0 Å². The number of benzene rings is 1. The summed E-state index contributed by atoms with van der Waals surface area (Å²) in [6, 6.07) is 8.37. The SMILES string of the molecule is Cc1ccc(-c2c[nH]c3nc(CCC(C)(C)F)ncc23)cc1. The van der Waals surface area contributed by atoms with E-state index < -0.39 is 5.67 Å². The van der Waals surface area contributed by atoms with E-state index in [0.717, 1.165) is 22.2 Å². The smallest absolute Gasteiger partial charge is 0.141 e. The van der Waals surface area contributed by atoms with Gasteiger partial charge in [0.2, 0.25) is 0 Å². The van der Waals surface area contributed by atoms with Crippen LogP contribution in [0.3, 0.4) is 0 Å². The first kappa shape index (κ1) is 14.7. The number of rotatable bonds is 4. The van der Waals surface area contributed by atoms with Crippen LogP contribution in [0.2, 0.25) is 0 Å². The normalized spacial score (nSPS) is 12.0. The molecule has 1 N–H and O–H groups in total. The summed E-state index contributed by atoms with van der Waals surface area (Å²) in [5.74, 6) is 0.676. The highest BCUT2D eigenvalue weighted by molar-refractivity contribution is 5.92. The van der Waals surface area contributed by atoms with Crippen molar-refractivity contribution in [2.24, 2.45) is 0 Å². The molecular formula is C18H20FN3. The van der Waals surface area contributed by atoms with Gasteiger partial charge >= 0.3 is 0 Å². The number of aromatic amines is 1.